The van der Waals surface area contributed by atoms with E-state index in [4.69, 9.17) is 0 Å². The van der Waals surface area contributed by atoms with Crippen molar-refractivity contribution in [1.82, 2.24) is 0 Å². The van der Waals surface area contributed by atoms with Crippen molar-refractivity contribution in [2.75, 3.05) is 14.7 Å². The number of hydrogen-bond donors (Lipinski definition) is 0. The molecule has 0 radical (unpaired) electrons. The molecule has 3 nitrogen and oxygen atoms in total. The van der Waals surface area contributed by atoms with Crippen LogP contribution in [0.5, 0.6) is 0 Å². The molecule has 0 saturated heterocycles. The first-order valence-electron chi connectivity index (χ1n) is 29.9. The zero-order valence-electron chi connectivity index (χ0n) is 47.8. The Morgan fingerprint density at radius 2 is 0.512 bits per heavy atom. The summed E-state index contributed by atoms with van der Waals surface area (Å²) in [6.45, 7) is 4.83. The summed E-state index contributed by atoms with van der Waals surface area (Å²) in [5, 5.41) is 18.6. The first kappa shape index (κ1) is 49.6. The summed E-state index contributed by atoms with van der Waals surface area (Å²) in [6.07, 6.45) is 0. The zero-order chi connectivity index (χ0) is 57.0. The van der Waals surface area contributed by atoms with Crippen molar-refractivity contribution < 1.29 is 0 Å². The van der Waals surface area contributed by atoms with Gasteiger partial charge >= 0.3 is 0 Å². The van der Waals surface area contributed by atoms with Gasteiger partial charge in [0, 0.05) is 65.0 Å². The van der Waals surface area contributed by atoms with Crippen molar-refractivity contribution in [2.45, 2.75) is 19.3 Å². The van der Waals surface area contributed by atoms with Crippen molar-refractivity contribution in [1.29, 1.82) is 0 Å². The van der Waals surface area contributed by atoms with E-state index >= 15 is 0 Å². The van der Waals surface area contributed by atoms with Crippen molar-refractivity contribution >= 4 is 137 Å². The predicted octanol–water partition coefficient (Wildman–Crippen LogP) is 23.6. The molecule has 86 heavy (non-hydrogen) atoms. The van der Waals surface area contributed by atoms with Gasteiger partial charge in [-0.15, -0.1) is 0 Å². The maximum Gasteiger partial charge on any atom is 0.0621 e. The van der Waals surface area contributed by atoms with Crippen LogP contribution >= 0.6 is 0 Å². The molecule has 1 aliphatic carbocycles. The van der Waals surface area contributed by atoms with E-state index in [0.717, 1.165) is 72.7 Å². The Balaban J connectivity index is 1.12. The Morgan fingerprint density at radius 1 is 0.209 bits per heavy atom. The minimum atomic E-state index is -0.303. The highest BCUT2D eigenvalue weighted by atomic mass is 15.2. The van der Waals surface area contributed by atoms with Gasteiger partial charge in [-0.3, -0.25) is 0 Å². The average molecular weight is 1100 g/mol. The molecule has 404 valence electrons. The number of nitrogens with zero attached hydrogens (tertiary/aromatic N) is 3. The Bertz CT molecular complexity index is 5170. The van der Waals surface area contributed by atoms with Gasteiger partial charge in [0.05, 0.1) is 45.5 Å². The van der Waals surface area contributed by atoms with Gasteiger partial charge in [-0.2, -0.15) is 0 Å². The lowest BCUT2D eigenvalue weighted by atomic mass is 9.81. The molecule has 0 saturated carbocycles. The minimum Gasteiger partial charge on any atom is -0.309 e. The summed E-state index contributed by atoms with van der Waals surface area (Å²) in [7, 11) is 0. The fraction of sp³-hybridized carbons (Fsp3) is 0.0361. The molecule has 17 rings (SSSR count). The Kier molecular flexibility index (Phi) is 11.3. The van der Waals surface area contributed by atoms with E-state index in [1.165, 1.54) is 86.9 Å². The lowest BCUT2D eigenvalue weighted by Gasteiger charge is -2.35. The van der Waals surface area contributed by atoms with E-state index in [0.29, 0.717) is 0 Å². The highest BCUT2D eigenvalue weighted by molar-refractivity contribution is 6.28. The fourth-order valence-corrected chi connectivity index (χ4v) is 14.6. The van der Waals surface area contributed by atoms with Gasteiger partial charge in [0.15, 0.2) is 0 Å². The molecule has 0 fully saturated rings. The van der Waals surface area contributed by atoms with Crippen molar-refractivity contribution in [3.63, 3.8) is 0 Å². The number of benzene rings is 16. The van der Waals surface area contributed by atoms with Crippen LogP contribution in [0.4, 0.5) is 51.2 Å². The molecule has 0 spiro atoms. The highest BCUT2D eigenvalue weighted by Crippen LogP contribution is 2.59. The second kappa shape index (κ2) is 19.6. The number of anilines is 9. The molecule has 0 bridgehead atoms. The van der Waals surface area contributed by atoms with Crippen LogP contribution in [0.3, 0.4) is 0 Å². The number of rotatable bonds is 9. The van der Waals surface area contributed by atoms with Crippen LogP contribution in [0.1, 0.15) is 25.0 Å². The van der Waals surface area contributed by atoms with E-state index in [9.17, 15) is 0 Å². The standard InChI is InChI=1S/C83H57N3/c1-83(2)73-42-16-15-41-67(73)69-52-71-72(53-74(69)83)81(85(77-45-19-31-56-25-5-11-37-63(56)77)78-46-20-32-57-26-6-12-38-64(57)78)68-50-49-60(84(75-43-17-29-54-23-3-9-35-61(54)75)76-44-18-30-55-24-4-10-36-62(55)76)51-70(68)82(71)86(79-47-21-33-58-27-7-13-39-65(58)79)80-48-22-34-59-28-8-14-40-66(59)80/h3-53H,1-2H3. The molecule has 0 unspecified atom stereocenters. The maximum atomic E-state index is 2.63. The largest absolute Gasteiger partial charge is 0.309 e. The molecule has 16 aromatic carbocycles. The Hall–Kier alpha value is -11.0. The quantitative estimate of drug-likeness (QED) is 0.105. The third-order valence-electron chi connectivity index (χ3n) is 18.5. The van der Waals surface area contributed by atoms with E-state index < -0.39 is 0 Å². The van der Waals surface area contributed by atoms with Crippen LogP contribution < -0.4 is 14.7 Å². The van der Waals surface area contributed by atoms with Crippen LogP contribution in [-0.2, 0) is 5.41 Å². The Morgan fingerprint density at radius 3 is 0.907 bits per heavy atom. The van der Waals surface area contributed by atoms with Crippen LogP contribution in [0.2, 0.25) is 0 Å². The van der Waals surface area contributed by atoms with Crippen LogP contribution in [0.15, 0.2) is 309 Å². The highest BCUT2D eigenvalue weighted by Gasteiger charge is 2.38. The molecule has 0 aromatic heterocycles. The van der Waals surface area contributed by atoms with E-state index in [1.807, 2.05) is 0 Å². The summed E-state index contributed by atoms with van der Waals surface area (Å²) in [6, 6.07) is 116. The first-order valence-corrected chi connectivity index (χ1v) is 29.9. The van der Waals surface area contributed by atoms with Gasteiger partial charge in [-0.1, -0.05) is 263 Å². The third-order valence-corrected chi connectivity index (χ3v) is 18.5. The van der Waals surface area contributed by atoms with E-state index in [2.05, 4.69) is 338 Å². The second-order valence-electron chi connectivity index (χ2n) is 23.5. The van der Waals surface area contributed by atoms with E-state index in [-0.39, 0.29) is 5.41 Å². The summed E-state index contributed by atoms with van der Waals surface area (Å²) >= 11 is 0. The topological polar surface area (TPSA) is 9.72 Å². The number of hydrogen-bond acceptors (Lipinski definition) is 3. The van der Waals surface area contributed by atoms with Crippen LogP contribution in [-0.4, -0.2) is 0 Å². The third kappa shape index (κ3) is 7.61. The maximum absolute atomic E-state index is 2.63. The number of fused-ring (bicyclic) bond motifs is 11. The smallest absolute Gasteiger partial charge is 0.0621 e. The predicted molar refractivity (Wildman–Crippen MR) is 368 cm³/mol. The van der Waals surface area contributed by atoms with Gasteiger partial charge in [-0.25, -0.2) is 0 Å². The molecule has 16 aromatic rings. The summed E-state index contributed by atoms with van der Waals surface area (Å²) < 4.78 is 0. The molecular weight excluding hydrogens is 1040 g/mol. The minimum absolute atomic E-state index is 0.303. The molecule has 0 aliphatic heterocycles. The van der Waals surface area contributed by atoms with Gasteiger partial charge in [0.2, 0.25) is 0 Å². The molecule has 0 heterocycles. The second-order valence-corrected chi connectivity index (χ2v) is 23.5. The average Bonchev–Trinajstić information content (AvgIpc) is 3.25. The summed E-state index contributed by atoms with van der Waals surface area (Å²) in [5.41, 5.74) is 14.7. The molecule has 3 heteroatoms. The van der Waals surface area contributed by atoms with Crippen molar-refractivity contribution in [3.05, 3.63) is 321 Å². The van der Waals surface area contributed by atoms with Gasteiger partial charge < -0.3 is 14.7 Å². The fourth-order valence-electron chi connectivity index (χ4n) is 14.6. The van der Waals surface area contributed by atoms with Gasteiger partial charge in [-0.05, 0) is 115 Å². The van der Waals surface area contributed by atoms with Crippen LogP contribution in [0, 0.1) is 0 Å². The summed E-state index contributed by atoms with van der Waals surface area (Å²) in [5.74, 6) is 0. The van der Waals surface area contributed by atoms with Crippen molar-refractivity contribution in [3.8, 4) is 11.1 Å². The SMILES string of the molecule is CC1(C)c2ccccc2-c2cc3c(N(c4cccc5ccccc45)c4cccc5ccccc45)c4cc(N(c5cccc6ccccc56)c5cccc6ccccc56)ccc4c(N(c4cccc5ccccc45)c4cccc5ccccc45)c3cc21. The lowest BCUT2D eigenvalue weighted by Crippen LogP contribution is -2.17. The van der Waals surface area contributed by atoms with Crippen LogP contribution in [0.25, 0.3) is 97.3 Å². The Labute approximate surface area is 500 Å². The first-order chi connectivity index (χ1) is 42.5. The lowest BCUT2D eigenvalue weighted by molar-refractivity contribution is 0.661. The van der Waals surface area contributed by atoms with Gasteiger partial charge in [0.25, 0.3) is 0 Å². The molecular formula is C83H57N3. The van der Waals surface area contributed by atoms with Gasteiger partial charge in [0.1, 0.15) is 0 Å². The molecule has 0 N–H and O–H groups in total. The monoisotopic (exact) mass is 1100 g/mol. The molecule has 1 aliphatic rings. The van der Waals surface area contributed by atoms with E-state index in [1.54, 1.807) is 0 Å². The molecule has 0 atom stereocenters. The summed E-state index contributed by atoms with van der Waals surface area (Å²) in [4.78, 5) is 7.77. The zero-order valence-corrected chi connectivity index (χ0v) is 47.8. The molecule has 0 amide bonds. The normalized spacial score (nSPS) is 12.6. The van der Waals surface area contributed by atoms with Crippen molar-refractivity contribution in [2.24, 2.45) is 0 Å².